The predicted octanol–water partition coefficient (Wildman–Crippen LogP) is 2.36. The number of hydrogen-bond donors (Lipinski definition) is 2. The van der Waals surface area contributed by atoms with Crippen LogP contribution in [0.4, 0.5) is 0 Å². The van der Waals surface area contributed by atoms with Crippen LogP contribution in [0.2, 0.25) is 0 Å². The fourth-order valence-corrected chi connectivity index (χ4v) is 2.19. The van der Waals surface area contributed by atoms with Gasteiger partial charge < -0.3 is 15.0 Å². The number of amides is 1. The molecule has 1 amide bonds. The maximum atomic E-state index is 12.3. The number of imidazole rings is 1. The zero-order chi connectivity index (χ0) is 16.2. The van der Waals surface area contributed by atoms with Gasteiger partial charge in [0.2, 0.25) is 5.91 Å². The molecule has 1 heterocycles. The number of carbonyl (C=O) groups excluding carboxylic acids is 1. The lowest BCUT2D eigenvalue weighted by Gasteiger charge is -2.31. The van der Waals surface area contributed by atoms with E-state index in [0.29, 0.717) is 13.0 Å². The van der Waals surface area contributed by atoms with E-state index in [4.69, 9.17) is 0 Å². The van der Waals surface area contributed by atoms with Gasteiger partial charge >= 0.3 is 0 Å². The molecule has 2 rings (SSSR count). The summed E-state index contributed by atoms with van der Waals surface area (Å²) in [5.74, 6) is 0.183. The maximum absolute atomic E-state index is 12.3. The molecule has 0 spiro atoms. The van der Waals surface area contributed by atoms with Crippen LogP contribution in [0.5, 0.6) is 5.75 Å². The summed E-state index contributed by atoms with van der Waals surface area (Å²) >= 11 is 0. The molecular weight excluding hydrogens is 278 g/mol. The van der Waals surface area contributed by atoms with Crippen molar-refractivity contribution in [3.05, 3.63) is 48.5 Å². The Labute approximate surface area is 131 Å². The van der Waals surface area contributed by atoms with Crippen molar-refractivity contribution in [1.82, 2.24) is 14.9 Å². The van der Waals surface area contributed by atoms with E-state index in [1.807, 2.05) is 10.8 Å². The lowest BCUT2D eigenvalue weighted by molar-refractivity contribution is -0.122. The molecule has 0 bridgehead atoms. The minimum atomic E-state index is -0.0606. The second-order valence-corrected chi connectivity index (χ2v) is 6.59. The molecule has 0 aliphatic heterocycles. The SMILES string of the molecule is CC(C)(C)[C@@H](Cn1ccnc1)NC(=O)Cc1ccc(O)cc1. The number of nitrogens with one attached hydrogen (secondary N) is 1. The molecule has 1 atom stereocenters. The Bertz CT molecular complexity index is 598. The van der Waals surface area contributed by atoms with Crippen LogP contribution in [0.1, 0.15) is 26.3 Å². The second-order valence-electron chi connectivity index (χ2n) is 6.59. The third kappa shape index (κ3) is 4.62. The standard InChI is InChI=1S/C17H23N3O2/c1-17(2,3)15(11-20-9-8-18-12-20)19-16(22)10-13-4-6-14(21)7-5-13/h4-9,12,15,21H,10-11H2,1-3H3,(H,19,22)/t15-/m1/s1. The molecule has 2 N–H and O–H groups in total. The Balaban J connectivity index is 2.00. The number of aromatic nitrogens is 2. The van der Waals surface area contributed by atoms with Crippen molar-refractivity contribution in [2.24, 2.45) is 5.41 Å². The molecule has 0 saturated heterocycles. The van der Waals surface area contributed by atoms with Crippen LogP contribution in [0.3, 0.4) is 0 Å². The van der Waals surface area contributed by atoms with Gasteiger partial charge in [0.25, 0.3) is 0 Å². The molecule has 2 aromatic rings. The van der Waals surface area contributed by atoms with Crippen molar-refractivity contribution in [1.29, 1.82) is 0 Å². The lowest BCUT2D eigenvalue weighted by Crippen LogP contribution is -2.46. The summed E-state index contributed by atoms with van der Waals surface area (Å²) in [6, 6.07) is 6.71. The van der Waals surface area contributed by atoms with E-state index in [1.165, 1.54) is 0 Å². The molecule has 0 unspecified atom stereocenters. The topological polar surface area (TPSA) is 67.2 Å². The molecule has 0 aliphatic rings. The van der Waals surface area contributed by atoms with E-state index < -0.39 is 0 Å². The summed E-state index contributed by atoms with van der Waals surface area (Å²) in [7, 11) is 0. The highest BCUT2D eigenvalue weighted by molar-refractivity contribution is 5.79. The van der Waals surface area contributed by atoms with E-state index in [-0.39, 0.29) is 23.1 Å². The van der Waals surface area contributed by atoms with Crippen LogP contribution in [-0.4, -0.2) is 26.6 Å². The average Bonchev–Trinajstić information content (AvgIpc) is 2.92. The third-order valence-electron chi connectivity index (χ3n) is 3.63. The third-order valence-corrected chi connectivity index (χ3v) is 3.63. The molecule has 22 heavy (non-hydrogen) atoms. The number of rotatable bonds is 5. The van der Waals surface area contributed by atoms with Gasteiger partial charge in [-0.1, -0.05) is 32.9 Å². The van der Waals surface area contributed by atoms with Gasteiger partial charge in [-0.3, -0.25) is 4.79 Å². The van der Waals surface area contributed by atoms with Crippen LogP contribution in [-0.2, 0) is 17.8 Å². The highest BCUT2D eigenvalue weighted by atomic mass is 16.3. The smallest absolute Gasteiger partial charge is 0.224 e. The Hall–Kier alpha value is -2.30. The number of phenolic OH excluding ortho intramolecular Hbond substituents is 1. The fraction of sp³-hybridized carbons (Fsp3) is 0.412. The van der Waals surface area contributed by atoms with Gasteiger partial charge in [-0.05, 0) is 23.1 Å². The lowest BCUT2D eigenvalue weighted by atomic mass is 9.86. The number of benzene rings is 1. The largest absolute Gasteiger partial charge is 0.508 e. The van der Waals surface area contributed by atoms with Gasteiger partial charge in [-0.25, -0.2) is 4.98 Å². The number of carbonyl (C=O) groups is 1. The first-order valence-electron chi connectivity index (χ1n) is 7.37. The Morgan fingerprint density at radius 3 is 2.55 bits per heavy atom. The van der Waals surface area contributed by atoms with Crippen molar-refractivity contribution in [2.45, 2.75) is 39.8 Å². The van der Waals surface area contributed by atoms with E-state index in [0.717, 1.165) is 5.56 Å². The number of nitrogens with zero attached hydrogens (tertiary/aromatic N) is 2. The highest BCUT2D eigenvalue weighted by Gasteiger charge is 2.26. The minimum absolute atomic E-state index is 0.00585. The Morgan fingerprint density at radius 1 is 1.32 bits per heavy atom. The number of phenols is 1. The molecule has 118 valence electrons. The summed E-state index contributed by atoms with van der Waals surface area (Å²) in [4.78, 5) is 16.3. The summed E-state index contributed by atoms with van der Waals surface area (Å²) in [6.07, 6.45) is 5.69. The highest BCUT2D eigenvalue weighted by Crippen LogP contribution is 2.21. The number of hydrogen-bond acceptors (Lipinski definition) is 3. The fourth-order valence-electron chi connectivity index (χ4n) is 2.19. The van der Waals surface area contributed by atoms with Crippen molar-refractivity contribution in [2.75, 3.05) is 0 Å². The predicted molar refractivity (Wildman–Crippen MR) is 85.4 cm³/mol. The maximum Gasteiger partial charge on any atom is 0.224 e. The first kappa shape index (κ1) is 16.1. The van der Waals surface area contributed by atoms with Crippen LogP contribution in [0.15, 0.2) is 43.0 Å². The first-order valence-corrected chi connectivity index (χ1v) is 7.37. The summed E-state index contributed by atoms with van der Waals surface area (Å²) in [5, 5.41) is 12.4. The number of aromatic hydroxyl groups is 1. The zero-order valence-corrected chi connectivity index (χ0v) is 13.3. The molecule has 0 saturated carbocycles. The molecule has 0 radical (unpaired) electrons. The van der Waals surface area contributed by atoms with Gasteiger partial charge in [0.15, 0.2) is 0 Å². The van der Waals surface area contributed by atoms with E-state index >= 15 is 0 Å². The van der Waals surface area contributed by atoms with Crippen molar-refractivity contribution < 1.29 is 9.90 Å². The monoisotopic (exact) mass is 301 g/mol. The molecule has 0 fully saturated rings. The molecule has 1 aromatic carbocycles. The average molecular weight is 301 g/mol. The summed E-state index contributed by atoms with van der Waals surface area (Å²) in [6.45, 7) is 7.01. The Kier molecular flexibility index (Phi) is 4.85. The second kappa shape index (κ2) is 6.64. The minimum Gasteiger partial charge on any atom is -0.508 e. The van der Waals surface area contributed by atoms with Crippen molar-refractivity contribution in [3.8, 4) is 5.75 Å². The molecule has 5 nitrogen and oxygen atoms in total. The molecule has 0 aliphatic carbocycles. The molecular formula is C17H23N3O2. The normalized spacial score (nSPS) is 12.9. The zero-order valence-electron chi connectivity index (χ0n) is 13.3. The Morgan fingerprint density at radius 2 is 2.00 bits per heavy atom. The van der Waals surface area contributed by atoms with Gasteiger partial charge in [-0.15, -0.1) is 0 Å². The molecule has 5 heteroatoms. The van der Waals surface area contributed by atoms with Crippen LogP contribution in [0, 0.1) is 5.41 Å². The first-order chi connectivity index (χ1) is 10.3. The quantitative estimate of drug-likeness (QED) is 0.891. The van der Waals surface area contributed by atoms with E-state index in [9.17, 15) is 9.90 Å². The van der Waals surface area contributed by atoms with Crippen molar-refractivity contribution >= 4 is 5.91 Å². The van der Waals surface area contributed by atoms with Gasteiger partial charge in [-0.2, -0.15) is 0 Å². The van der Waals surface area contributed by atoms with Crippen LogP contribution in [0.25, 0.3) is 0 Å². The summed E-state index contributed by atoms with van der Waals surface area (Å²) in [5.41, 5.74) is 0.820. The van der Waals surface area contributed by atoms with Gasteiger partial charge in [0.1, 0.15) is 5.75 Å². The summed E-state index contributed by atoms with van der Waals surface area (Å²) < 4.78 is 1.97. The van der Waals surface area contributed by atoms with Crippen LogP contribution < -0.4 is 5.32 Å². The van der Waals surface area contributed by atoms with Gasteiger partial charge in [0, 0.05) is 18.9 Å². The van der Waals surface area contributed by atoms with E-state index in [1.54, 1.807) is 36.8 Å². The molecule has 1 aromatic heterocycles. The van der Waals surface area contributed by atoms with Crippen LogP contribution >= 0.6 is 0 Å². The van der Waals surface area contributed by atoms with E-state index in [2.05, 4.69) is 31.1 Å². The van der Waals surface area contributed by atoms with Crippen molar-refractivity contribution in [3.63, 3.8) is 0 Å². The van der Waals surface area contributed by atoms with Gasteiger partial charge in [0.05, 0.1) is 18.8 Å².